The first-order chi connectivity index (χ1) is 12.1. The van der Waals surface area contributed by atoms with Crippen molar-refractivity contribution in [2.45, 2.75) is 84.7 Å². The molecule has 26 heavy (non-hydrogen) atoms. The maximum absolute atomic E-state index is 12.1. The molecule has 1 spiro atoms. The highest BCUT2D eigenvalue weighted by Crippen LogP contribution is 2.72. The van der Waals surface area contributed by atoms with Gasteiger partial charge in [0.25, 0.3) is 0 Å². The molecule has 0 aromatic rings. The molecule has 5 rings (SSSR count). The van der Waals surface area contributed by atoms with Crippen molar-refractivity contribution in [3.63, 3.8) is 0 Å². The predicted octanol–water partition coefficient (Wildman–Crippen LogP) is 4.05. The Hall–Kier alpha value is -0.900. The summed E-state index contributed by atoms with van der Waals surface area (Å²) in [5, 5.41) is 21.4. The summed E-state index contributed by atoms with van der Waals surface area (Å²) >= 11 is 0. The van der Waals surface area contributed by atoms with Gasteiger partial charge in [0.15, 0.2) is 0 Å². The van der Waals surface area contributed by atoms with Gasteiger partial charge in [-0.05, 0) is 93.3 Å². The fourth-order valence-corrected chi connectivity index (χ4v) is 8.34. The molecule has 0 aromatic carbocycles. The minimum absolute atomic E-state index is 0.00445. The van der Waals surface area contributed by atoms with E-state index in [1.807, 2.05) is 6.92 Å². The number of rotatable bonds is 3. The van der Waals surface area contributed by atoms with Crippen LogP contribution in [0.3, 0.4) is 0 Å². The summed E-state index contributed by atoms with van der Waals surface area (Å²) in [6.07, 6.45) is 8.07. The monoisotopic (exact) mass is 362 g/mol. The van der Waals surface area contributed by atoms with Crippen LogP contribution in [0.5, 0.6) is 0 Å². The van der Waals surface area contributed by atoms with E-state index in [9.17, 15) is 19.8 Å². The maximum atomic E-state index is 12.1. The minimum atomic E-state index is -0.639. The second kappa shape index (κ2) is 5.80. The highest BCUT2D eigenvalue weighted by Gasteiger charge is 2.68. The number of carbonyl (C=O) groups is 2. The van der Waals surface area contributed by atoms with Crippen molar-refractivity contribution in [2.24, 2.45) is 39.9 Å². The van der Waals surface area contributed by atoms with Crippen molar-refractivity contribution in [1.82, 2.24) is 0 Å². The topological polar surface area (TPSA) is 74.6 Å². The van der Waals surface area contributed by atoms with Gasteiger partial charge < -0.3 is 15.0 Å². The number of carbonyl (C=O) groups excluding carboxylic acids is 1. The van der Waals surface area contributed by atoms with E-state index in [2.05, 4.69) is 6.92 Å². The molecule has 5 fully saturated rings. The Kier molecular flexibility index (Phi) is 4.12. The third-order valence-corrected chi connectivity index (χ3v) is 9.50. The first kappa shape index (κ1) is 18.5. The van der Waals surface area contributed by atoms with Crippen LogP contribution in [-0.4, -0.2) is 28.1 Å². The molecule has 4 nitrogen and oxygen atoms in total. The summed E-state index contributed by atoms with van der Waals surface area (Å²) in [4.78, 5) is 23.9. The fourth-order valence-electron chi connectivity index (χ4n) is 8.34. The zero-order valence-corrected chi connectivity index (χ0v) is 16.5. The Morgan fingerprint density at radius 1 is 1.04 bits per heavy atom. The Morgan fingerprint density at radius 2 is 1.73 bits per heavy atom. The molecule has 146 valence electrons. The summed E-state index contributed by atoms with van der Waals surface area (Å²) in [7, 11) is 0. The number of hydrogen-bond donors (Lipinski definition) is 2. The lowest BCUT2D eigenvalue weighted by molar-refractivity contribution is -0.244. The van der Waals surface area contributed by atoms with Crippen LogP contribution < -0.4 is 0 Å². The molecule has 4 heteroatoms. The molecule has 2 bridgehead atoms. The van der Waals surface area contributed by atoms with Crippen molar-refractivity contribution >= 4 is 11.8 Å². The van der Waals surface area contributed by atoms with Crippen LogP contribution in [0.1, 0.15) is 78.6 Å². The van der Waals surface area contributed by atoms with Crippen LogP contribution >= 0.6 is 0 Å². The van der Waals surface area contributed by atoms with Gasteiger partial charge in [0.05, 0.1) is 11.5 Å². The molecule has 0 heterocycles. The van der Waals surface area contributed by atoms with E-state index in [1.165, 1.54) is 0 Å². The van der Waals surface area contributed by atoms with E-state index in [4.69, 9.17) is 0 Å². The number of aliphatic hydroxyl groups excluding tert-OH is 1. The Morgan fingerprint density at radius 3 is 2.38 bits per heavy atom. The molecular weight excluding hydrogens is 328 g/mol. The van der Waals surface area contributed by atoms with Crippen molar-refractivity contribution in [3.8, 4) is 0 Å². The molecule has 0 aromatic heterocycles. The second-order valence-corrected chi connectivity index (χ2v) is 10.5. The van der Waals surface area contributed by atoms with Gasteiger partial charge in [-0.25, -0.2) is 0 Å². The quantitative estimate of drug-likeness (QED) is 0.794. The zero-order valence-electron chi connectivity index (χ0n) is 16.5. The van der Waals surface area contributed by atoms with Gasteiger partial charge >= 0.3 is 5.97 Å². The van der Waals surface area contributed by atoms with Gasteiger partial charge in [-0.3, -0.25) is 4.79 Å². The fraction of sp³-hybridized carbons (Fsp3) is 0.909. The van der Waals surface area contributed by atoms with Crippen molar-refractivity contribution in [1.29, 1.82) is 0 Å². The highest BCUT2D eigenvalue weighted by molar-refractivity contribution is 5.76. The molecule has 2 N–H and O–H groups in total. The summed E-state index contributed by atoms with van der Waals surface area (Å²) in [6, 6.07) is 0. The normalized spacial score (nSPS) is 52.8. The number of carboxylic acid groups (broad SMARTS) is 1. The van der Waals surface area contributed by atoms with Gasteiger partial charge in [-0.2, -0.15) is 0 Å². The number of ketones is 1. The lowest BCUT2D eigenvalue weighted by atomic mass is 9.35. The van der Waals surface area contributed by atoms with Crippen molar-refractivity contribution in [2.75, 3.05) is 0 Å². The van der Waals surface area contributed by atoms with Gasteiger partial charge in [-0.15, -0.1) is 0 Å². The lowest BCUT2D eigenvalue weighted by Crippen LogP contribution is -2.66. The van der Waals surface area contributed by atoms with E-state index in [-0.39, 0.29) is 34.6 Å². The number of Topliss-reactive ketones (excluding diaryl/α,β-unsaturated/α-hetero) is 1. The van der Waals surface area contributed by atoms with Crippen LogP contribution in [-0.2, 0) is 9.59 Å². The molecule has 0 aliphatic heterocycles. The molecule has 0 unspecified atom stereocenters. The van der Waals surface area contributed by atoms with Crippen LogP contribution in [0.15, 0.2) is 0 Å². The van der Waals surface area contributed by atoms with Gasteiger partial charge in [0.2, 0.25) is 0 Å². The van der Waals surface area contributed by atoms with E-state index in [1.54, 1.807) is 6.92 Å². The van der Waals surface area contributed by atoms with Crippen LogP contribution in [0.4, 0.5) is 0 Å². The van der Waals surface area contributed by atoms with Crippen molar-refractivity contribution in [3.05, 3.63) is 0 Å². The molecular formula is C22H34O4. The Balaban J connectivity index is 1.71. The molecule has 0 radical (unpaired) electrons. The largest absolute Gasteiger partial charge is 0.481 e. The number of aliphatic hydroxyl groups is 1. The number of hydrogen-bond acceptors (Lipinski definition) is 3. The van der Waals surface area contributed by atoms with Crippen LogP contribution in [0, 0.1) is 39.9 Å². The molecule has 0 amide bonds. The minimum Gasteiger partial charge on any atom is -0.481 e. The van der Waals surface area contributed by atoms with E-state index in [0.29, 0.717) is 18.3 Å². The average molecular weight is 363 g/mol. The first-order valence-electron chi connectivity index (χ1n) is 10.6. The second-order valence-electron chi connectivity index (χ2n) is 10.5. The third-order valence-electron chi connectivity index (χ3n) is 9.50. The van der Waals surface area contributed by atoms with Crippen molar-refractivity contribution < 1.29 is 19.8 Å². The number of fused-ring (bicyclic) bond motifs is 3. The smallest absolute Gasteiger partial charge is 0.309 e. The van der Waals surface area contributed by atoms with Gasteiger partial charge in [-0.1, -0.05) is 13.3 Å². The lowest BCUT2D eigenvalue weighted by Gasteiger charge is -2.70. The SMILES string of the molecule is CC(=O)C[C@H]1[C@@H]2CC[C@@]3(CC[C@H]4[C@@](C)(CCC[C@@]4(C)C(=O)O)[C@@H]3C2)[C@@H]1O. The summed E-state index contributed by atoms with van der Waals surface area (Å²) in [6.45, 7) is 5.93. The summed E-state index contributed by atoms with van der Waals surface area (Å²) in [5.74, 6) is 0.701. The Bertz CT molecular complexity index is 630. The summed E-state index contributed by atoms with van der Waals surface area (Å²) in [5.41, 5.74) is -0.712. The molecule has 5 saturated carbocycles. The molecule has 0 saturated heterocycles. The average Bonchev–Trinajstić information content (AvgIpc) is 2.57. The first-order valence-corrected chi connectivity index (χ1v) is 10.6. The standard InChI is InChI=1S/C22H34O4/c1-13(23)11-15-14-5-9-22(18(15)24)10-6-16-20(2,17(22)12-14)7-4-8-21(16,3)19(25)26/h14-18,24H,4-12H2,1-3H3,(H,25,26)/t14-,15+,16+,17+,18-,20-,21-,22+/m1/s1. The maximum Gasteiger partial charge on any atom is 0.309 e. The zero-order chi connectivity index (χ0) is 18.9. The molecule has 5 aliphatic rings. The number of carboxylic acids is 1. The summed E-state index contributed by atoms with van der Waals surface area (Å²) < 4.78 is 0. The Labute approximate surface area is 156 Å². The highest BCUT2D eigenvalue weighted by atomic mass is 16.4. The third kappa shape index (κ3) is 2.23. The molecule has 5 aliphatic carbocycles. The van der Waals surface area contributed by atoms with Crippen LogP contribution in [0.25, 0.3) is 0 Å². The van der Waals surface area contributed by atoms with Gasteiger partial charge in [0.1, 0.15) is 5.78 Å². The number of aliphatic carboxylic acids is 1. The predicted molar refractivity (Wildman–Crippen MR) is 98.5 cm³/mol. The van der Waals surface area contributed by atoms with E-state index >= 15 is 0 Å². The van der Waals surface area contributed by atoms with E-state index < -0.39 is 11.4 Å². The molecule has 8 atom stereocenters. The van der Waals surface area contributed by atoms with Crippen LogP contribution in [0.2, 0.25) is 0 Å². The van der Waals surface area contributed by atoms with Gasteiger partial charge in [0, 0.05) is 6.42 Å². The van der Waals surface area contributed by atoms with E-state index in [0.717, 1.165) is 51.4 Å².